The Bertz CT molecular complexity index is 790. The zero-order valence-corrected chi connectivity index (χ0v) is 13.1. The largest absolute Gasteiger partial charge is 0.490 e. The van der Waals surface area contributed by atoms with Crippen molar-refractivity contribution in [3.8, 4) is 5.75 Å². The van der Waals surface area contributed by atoms with Crippen LogP contribution in [0.3, 0.4) is 0 Å². The first kappa shape index (κ1) is 17.4. The molecule has 2 aromatic rings. The maximum atomic E-state index is 10.9. The maximum Gasteiger partial charge on any atom is 0.272 e. The van der Waals surface area contributed by atoms with Crippen LogP contribution in [0.4, 0.5) is 11.4 Å². The van der Waals surface area contributed by atoms with Crippen LogP contribution in [0.5, 0.6) is 5.75 Å². The molecule has 0 amide bonds. The molecule has 8 heteroatoms. The highest BCUT2D eigenvalue weighted by Crippen LogP contribution is 2.28. The van der Waals surface area contributed by atoms with Gasteiger partial charge in [0.2, 0.25) is 0 Å². The summed E-state index contributed by atoms with van der Waals surface area (Å²) in [6.45, 7) is 3.14. The zero-order chi connectivity index (χ0) is 17.9. The molecule has 0 aliphatic heterocycles. The monoisotopic (exact) mass is 332 g/mol. The number of rotatable bonds is 6. The first-order valence-electron chi connectivity index (χ1n) is 7.10. The molecule has 0 saturated heterocycles. The third-order valence-corrected chi connectivity index (χ3v) is 3.55. The van der Waals surface area contributed by atoms with Gasteiger partial charge in [0.15, 0.2) is 0 Å². The van der Waals surface area contributed by atoms with E-state index in [9.17, 15) is 25.3 Å². The van der Waals surface area contributed by atoms with Crippen molar-refractivity contribution in [1.82, 2.24) is 0 Å². The SMILES string of the molecule is Cc1cc([N+](=O)[O-])c(C)cc1OCC(O)c1cccc([N+](=O)[O-])c1. The first-order valence-corrected chi connectivity index (χ1v) is 7.10. The summed E-state index contributed by atoms with van der Waals surface area (Å²) in [5.74, 6) is 0.419. The maximum absolute atomic E-state index is 10.9. The number of non-ortho nitro benzene ring substituents is 1. The summed E-state index contributed by atoms with van der Waals surface area (Å²) in [6, 6.07) is 8.61. The summed E-state index contributed by atoms with van der Waals surface area (Å²) in [6.07, 6.45) is -1.06. The summed E-state index contributed by atoms with van der Waals surface area (Å²) in [7, 11) is 0. The lowest BCUT2D eigenvalue weighted by Gasteiger charge is -2.14. The van der Waals surface area contributed by atoms with Gasteiger partial charge in [0.25, 0.3) is 11.4 Å². The number of benzene rings is 2. The van der Waals surface area contributed by atoms with Crippen molar-refractivity contribution in [2.45, 2.75) is 20.0 Å². The highest BCUT2D eigenvalue weighted by atomic mass is 16.6. The van der Waals surface area contributed by atoms with Crippen molar-refractivity contribution in [2.75, 3.05) is 6.61 Å². The number of hydrogen-bond acceptors (Lipinski definition) is 6. The number of aliphatic hydroxyl groups excluding tert-OH is 1. The van der Waals surface area contributed by atoms with Gasteiger partial charge in [0, 0.05) is 23.8 Å². The van der Waals surface area contributed by atoms with Gasteiger partial charge in [-0.1, -0.05) is 12.1 Å². The highest BCUT2D eigenvalue weighted by molar-refractivity contribution is 5.49. The Morgan fingerprint density at radius 2 is 1.79 bits per heavy atom. The molecular formula is C16H16N2O6. The van der Waals surface area contributed by atoms with E-state index in [0.717, 1.165) is 0 Å². The second-order valence-corrected chi connectivity index (χ2v) is 5.34. The van der Waals surface area contributed by atoms with Gasteiger partial charge < -0.3 is 9.84 Å². The topological polar surface area (TPSA) is 116 Å². The van der Waals surface area contributed by atoms with Gasteiger partial charge in [0.1, 0.15) is 18.5 Å². The van der Waals surface area contributed by atoms with Crippen molar-refractivity contribution in [1.29, 1.82) is 0 Å². The molecule has 1 unspecified atom stereocenters. The van der Waals surface area contributed by atoms with Gasteiger partial charge >= 0.3 is 0 Å². The molecule has 0 aliphatic rings. The summed E-state index contributed by atoms with van der Waals surface area (Å²) < 4.78 is 5.53. The smallest absolute Gasteiger partial charge is 0.272 e. The fourth-order valence-corrected chi connectivity index (χ4v) is 2.24. The first-order chi connectivity index (χ1) is 11.3. The fourth-order valence-electron chi connectivity index (χ4n) is 2.24. The number of aliphatic hydroxyl groups is 1. The second-order valence-electron chi connectivity index (χ2n) is 5.34. The standard InChI is InChI=1S/C16H16N2O6/c1-10-7-16(11(2)6-14(10)18(22)23)24-9-15(19)12-4-3-5-13(8-12)17(20)21/h3-8,15,19H,9H2,1-2H3. The van der Waals surface area contributed by atoms with Crippen molar-refractivity contribution < 1.29 is 19.7 Å². The molecule has 2 aromatic carbocycles. The molecule has 1 atom stereocenters. The minimum absolute atomic E-state index is 0.000849. The molecule has 0 aromatic heterocycles. The van der Waals surface area contributed by atoms with E-state index in [1.54, 1.807) is 19.9 Å². The second kappa shape index (κ2) is 7.05. The molecule has 0 saturated carbocycles. The Kier molecular flexibility index (Phi) is 5.10. The van der Waals surface area contributed by atoms with Gasteiger partial charge in [-0.3, -0.25) is 20.2 Å². The number of nitrogens with zero attached hydrogens (tertiary/aromatic N) is 2. The van der Waals surface area contributed by atoms with Crippen LogP contribution < -0.4 is 4.74 Å². The van der Waals surface area contributed by atoms with Crippen LogP contribution >= 0.6 is 0 Å². The van der Waals surface area contributed by atoms with Crippen molar-refractivity contribution in [3.63, 3.8) is 0 Å². The molecule has 0 fully saturated rings. The summed E-state index contributed by atoms with van der Waals surface area (Å²) >= 11 is 0. The van der Waals surface area contributed by atoms with Crippen molar-refractivity contribution >= 4 is 11.4 Å². The fraction of sp³-hybridized carbons (Fsp3) is 0.250. The minimum atomic E-state index is -1.06. The van der Waals surface area contributed by atoms with E-state index in [1.165, 1.54) is 30.3 Å². The number of ether oxygens (including phenoxy) is 1. The van der Waals surface area contributed by atoms with Gasteiger partial charge in [-0.2, -0.15) is 0 Å². The lowest BCUT2D eigenvalue weighted by Crippen LogP contribution is -2.11. The van der Waals surface area contributed by atoms with E-state index in [2.05, 4.69) is 0 Å². The van der Waals surface area contributed by atoms with Crippen LogP contribution in [0.2, 0.25) is 0 Å². The van der Waals surface area contributed by atoms with Crippen LogP contribution in [0.25, 0.3) is 0 Å². The van der Waals surface area contributed by atoms with Crippen LogP contribution in [0.15, 0.2) is 36.4 Å². The van der Waals surface area contributed by atoms with Crippen LogP contribution in [0, 0.1) is 34.1 Å². The van der Waals surface area contributed by atoms with Crippen LogP contribution in [-0.4, -0.2) is 21.6 Å². The number of hydrogen-bond donors (Lipinski definition) is 1. The number of nitro groups is 2. The van der Waals surface area contributed by atoms with E-state index in [1.807, 2.05) is 0 Å². The summed E-state index contributed by atoms with van der Waals surface area (Å²) in [5, 5.41) is 31.8. The van der Waals surface area contributed by atoms with E-state index in [-0.39, 0.29) is 18.0 Å². The average Bonchev–Trinajstić information content (AvgIpc) is 2.54. The van der Waals surface area contributed by atoms with Crippen LogP contribution in [0.1, 0.15) is 22.8 Å². The Hall–Kier alpha value is -3.00. The molecule has 0 spiro atoms. The average molecular weight is 332 g/mol. The molecule has 0 radical (unpaired) electrons. The lowest BCUT2D eigenvalue weighted by molar-refractivity contribution is -0.385. The molecular weight excluding hydrogens is 316 g/mol. The number of aryl methyl sites for hydroxylation is 2. The zero-order valence-electron chi connectivity index (χ0n) is 13.1. The van der Waals surface area contributed by atoms with E-state index in [0.29, 0.717) is 22.4 Å². The van der Waals surface area contributed by atoms with Crippen LogP contribution in [-0.2, 0) is 0 Å². The Labute approximate surface area is 137 Å². The summed E-state index contributed by atoms with van der Waals surface area (Å²) in [4.78, 5) is 20.6. The van der Waals surface area contributed by atoms with Gasteiger partial charge in [-0.05, 0) is 31.0 Å². The Morgan fingerprint density at radius 1 is 1.08 bits per heavy atom. The minimum Gasteiger partial charge on any atom is -0.490 e. The molecule has 126 valence electrons. The van der Waals surface area contributed by atoms with Gasteiger partial charge in [-0.15, -0.1) is 0 Å². The number of nitro benzene ring substituents is 2. The molecule has 0 heterocycles. The third kappa shape index (κ3) is 3.85. The molecule has 0 bridgehead atoms. The third-order valence-electron chi connectivity index (χ3n) is 3.55. The molecule has 0 aliphatic carbocycles. The molecule has 24 heavy (non-hydrogen) atoms. The van der Waals surface area contributed by atoms with Crippen molar-refractivity contribution in [3.05, 3.63) is 73.3 Å². The quantitative estimate of drug-likeness (QED) is 0.641. The lowest BCUT2D eigenvalue weighted by atomic mass is 10.1. The normalized spacial score (nSPS) is 11.8. The van der Waals surface area contributed by atoms with Crippen molar-refractivity contribution in [2.24, 2.45) is 0 Å². The predicted molar refractivity (Wildman–Crippen MR) is 86.1 cm³/mol. The molecule has 2 rings (SSSR count). The predicted octanol–water partition coefficient (Wildman–Crippen LogP) is 3.23. The summed E-state index contributed by atoms with van der Waals surface area (Å²) in [5.41, 5.74) is 1.26. The molecule has 8 nitrogen and oxygen atoms in total. The highest BCUT2D eigenvalue weighted by Gasteiger charge is 2.16. The Morgan fingerprint density at radius 3 is 2.42 bits per heavy atom. The Balaban J connectivity index is 2.13. The van der Waals surface area contributed by atoms with Gasteiger partial charge in [0.05, 0.1) is 9.85 Å². The van der Waals surface area contributed by atoms with E-state index >= 15 is 0 Å². The van der Waals surface area contributed by atoms with Gasteiger partial charge in [-0.25, -0.2) is 0 Å². The van der Waals surface area contributed by atoms with E-state index in [4.69, 9.17) is 4.74 Å². The molecule has 1 N–H and O–H groups in total. The van der Waals surface area contributed by atoms with E-state index < -0.39 is 16.0 Å².